The molecule has 1 unspecified atom stereocenters. The summed E-state index contributed by atoms with van der Waals surface area (Å²) >= 11 is 5.99. The number of aryl methyl sites for hydroxylation is 2. The van der Waals surface area contributed by atoms with Crippen molar-refractivity contribution in [3.63, 3.8) is 0 Å². The highest BCUT2D eigenvalue weighted by molar-refractivity contribution is 6.18. The van der Waals surface area contributed by atoms with Crippen LogP contribution in [0, 0.1) is 5.82 Å². The molecule has 0 radical (unpaired) electrons. The summed E-state index contributed by atoms with van der Waals surface area (Å²) in [4.78, 5) is 0. The summed E-state index contributed by atoms with van der Waals surface area (Å²) in [6.45, 7) is 0. The van der Waals surface area contributed by atoms with Gasteiger partial charge < -0.3 is 0 Å². The molecular formula is C14H16ClFN2. The first-order valence-corrected chi connectivity index (χ1v) is 6.52. The zero-order chi connectivity index (χ0) is 13.0. The predicted octanol–water partition coefficient (Wildman–Crippen LogP) is 3.51. The SMILES string of the molecule is Cn1nccc1CCC(CCl)c1cccc(F)c1. The van der Waals surface area contributed by atoms with Gasteiger partial charge in [0.15, 0.2) is 0 Å². The second-order valence-corrected chi connectivity index (χ2v) is 4.70. The third kappa shape index (κ3) is 3.10. The predicted molar refractivity (Wildman–Crippen MR) is 71.4 cm³/mol. The highest BCUT2D eigenvalue weighted by Gasteiger charge is 2.12. The molecule has 2 nitrogen and oxygen atoms in total. The van der Waals surface area contributed by atoms with Crippen LogP contribution < -0.4 is 0 Å². The largest absolute Gasteiger partial charge is 0.273 e. The van der Waals surface area contributed by atoms with Gasteiger partial charge in [0, 0.05) is 24.8 Å². The van der Waals surface area contributed by atoms with Gasteiger partial charge in [-0.25, -0.2) is 4.39 Å². The smallest absolute Gasteiger partial charge is 0.123 e. The molecule has 1 heterocycles. The summed E-state index contributed by atoms with van der Waals surface area (Å²) in [6, 6.07) is 8.68. The van der Waals surface area contributed by atoms with E-state index in [-0.39, 0.29) is 11.7 Å². The van der Waals surface area contributed by atoms with Crippen LogP contribution >= 0.6 is 11.6 Å². The number of alkyl halides is 1. The minimum absolute atomic E-state index is 0.178. The van der Waals surface area contributed by atoms with Gasteiger partial charge >= 0.3 is 0 Å². The Bertz CT molecular complexity index is 510. The Hall–Kier alpha value is -1.35. The van der Waals surface area contributed by atoms with Gasteiger partial charge in [-0.15, -0.1) is 11.6 Å². The molecule has 0 aliphatic carbocycles. The number of rotatable bonds is 5. The molecule has 4 heteroatoms. The van der Waals surface area contributed by atoms with E-state index in [1.807, 2.05) is 23.9 Å². The molecule has 0 aliphatic heterocycles. The second-order valence-electron chi connectivity index (χ2n) is 4.39. The zero-order valence-corrected chi connectivity index (χ0v) is 11.1. The molecule has 96 valence electrons. The third-order valence-corrected chi connectivity index (χ3v) is 3.55. The van der Waals surface area contributed by atoms with E-state index < -0.39 is 0 Å². The molecule has 2 aromatic rings. The van der Waals surface area contributed by atoms with Crippen LogP contribution in [0.5, 0.6) is 0 Å². The molecule has 0 saturated carbocycles. The fourth-order valence-corrected chi connectivity index (χ4v) is 2.39. The van der Waals surface area contributed by atoms with E-state index in [4.69, 9.17) is 11.6 Å². The Morgan fingerprint density at radius 3 is 2.83 bits per heavy atom. The molecule has 0 aliphatic rings. The van der Waals surface area contributed by atoms with Crippen molar-refractivity contribution in [3.05, 3.63) is 53.6 Å². The lowest BCUT2D eigenvalue weighted by atomic mass is 9.95. The number of hydrogen-bond acceptors (Lipinski definition) is 1. The average Bonchev–Trinajstić information content (AvgIpc) is 2.76. The maximum absolute atomic E-state index is 13.2. The fraction of sp³-hybridized carbons (Fsp3) is 0.357. The van der Waals surface area contributed by atoms with Gasteiger partial charge in [0.2, 0.25) is 0 Å². The van der Waals surface area contributed by atoms with Crippen molar-refractivity contribution in [3.8, 4) is 0 Å². The lowest BCUT2D eigenvalue weighted by molar-refractivity contribution is 0.609. The first kappa shape index (κ1) is 13.1. The van der Waals surface area contributed by atoms with Gasteiger partial charge in [-0.1, -0.05) is 12.1 Å². The van der Waals surface area contributed by atoms with Crippen LogP contribution in [0.25, 0.3) is 0 Å². The molecule has 0 fully saturated rings. The monoisotopic (exact) mass is 266 g/mol. The maximum Gasteiger partial charge on any atom is 0.123 e. The Morgan fingerprint density at radius 2 is 2.22 bits per heavy atom. The molecular weight excluding hydrogens is 251 g/mol. The first-order valence-electron chi connectivity index (χ1n) is 5.99. The molecule has 0 bridgehead atoms. The number of halogens is 2. The highest BCUT2D eigenvalue weighted by atomic mass is 35.5. The summed E-state index contributed by atoms with van der Waals surface area (Å²) in [6.07, 6.45) is 3.57. The molecule has 0 amide bonds. The Labute approximate surface area is 111 Å². The van der Waals surface area contributed by atoms with E-state index in [0.717, 1.165) is 18.4 Å². The molecule has 1 aromatic heterocycles. The van der Waals surface area contributed by atoms with Gasteiger partial charge in [-0.2, -0.15) is 5.10 Å². The third-order valence-electron chi connectivity index (χ3n) is 3.18. The van der Waals surface area contributed by atoms with Crippen LogP contribution in [0.1, 0.15) is 23.6 Å². The Balaban J connectivity index is 2.04. The van der Waals surface area contributed by atoms with Gasteiger partial charge in [-0.05, 0) is 42.5 Å². The van der Waals surface area contributed by atoms with Crippen molar-refractivity contribution in [2.24, 2.45) is 7.05 Å². The van der Waals surface area contributed by atoms with Gasteiger partial charge in [0.1, 0.15) is 5.82 Å². The fourth-order valence-electron chi connectivity index (χ4n) is 2.06. The van der Waals surface area contributed by atoms with E-state index in [1.165, 1.54) is 11.8 Å². The van der Waals surface area contributed by atoms with Crippen LogP contribution in [-0.4, -0.2) is 15.7 Å². The number of aromatic nitrogens is 2. The molecule has 2 rings (SSSR count). The van der Waals surface area contributed by atoms with Crippen LogP contribution in [-0.2, 0) is 13.5 Å². The van der Waals surface area contributed by atoms with Crippen LogP contribution in [0.15, 0.2) is 36.5 Å². The lowest BCUT2D eigenvalue weighted by Crippen LogP contribution is -2.05. The normalized spacial score (nSPS) is 12.6. The van der Waals surface area contributed by atoms with Crippen LogP contribution in [0.3, 0.4) is 0 Å². The average molecular weight is 267 g/mol. The zero-order valence-electron chi connectivity index (χ0n) is 10.3. The van der Waals surface area contributed by atoms with E-state index >= 15 is 0 Å². The standard InChI is InChI=1S/C14H16ClFN2/c1-18-14(7-8-17-18)6-5-12(10-15)11-3-2-4-13(16)9-11/h2-4,7-9,12H,5-6,10H2,1H3. The molecule has 18 heavy (non-hydrogen) atoms. The lowest BCUT2D eigenvalue weighted by Gasteiger charge is -2.14. The first-order chi connectivity index (χ1) is 8.70. The summed E-state index contributed by atoms with van der Waals surface area (Å²) in [5.41, 5.74) is 2.13. The number of hydrogen-bond donors (Lipinski definition) is 0. The van der Waals surface area contributed by atoms with E-state index in [2.05, 4.69) is 5.10 Å². The summed E-state index contributed by atoms with van der Waals surface area (Å²) in [7, 11) is 1.92. The summed E-state index contributed by atoms with van der Waals surface area (Å²) < 4.78 is 15.0. The second kappa shape index (κ2) is 6.01. The molecule has 0 saturated heterocycles. The molecule has 1 aromatic carbocycles. The number of nitrogens with zero attached hydrogens (tertiary/aromatic N) is 2. The van der Waals surface area contributed by atoms with E-state index in [0.29, 0.717) is 5.88 Å². The van der Waals surface area contributed by atoms with Crippen molar-refractivity contribution < 1.29 is 4.39 Å². The van der Waals surface area contributed by atoms with Gasteiger partial charge in [0.25, 0.3) is 0 Å². The minimum Gasteiger partial charge on any atom is -0.273 e. The number of benzene rings is 1. The quantitative estimate of drug-likeness (QED) is 0.757. The van der Waals surface area contributed by atoms with Gasteiger partial charge in [0.05, 0.1) is 0 Å². The van der Waals surface area contributed by atoms with E-state index in [1.54, 1.807) is 18.3 Å². The Morgan fingerprint density at radius 1 is 1.39 bits per heavy atom. The Kier molecular flexibility index (Phi) is 4.37. The molecule has 0 N–H and O–H groups in total. The van der Waals surface area contributed by atoms with Crippen LogP contribution in [0.2, 0.25) is 0 Å². The highest BCUT2D eigenvalue weighted by Crippen LogP contribution is 2.23. The maximum atomic E-state index is 13.2. The minimum atomic E-state index is -0.205. The van der Waals surface area contributed by atoms with Crippen molar-refractivity contribution >= 4 is 11.6 Å². The van der Waals surface area contributed by atoms with Gasteiger partial charge in [-0.3, -0.25) is 4.68 Å². The van der Waals surface area contributed by atoms with Crippen LogP contribution in [0.4, 0.5) is 4.39 Å². The summed E-state index contributed by atoms with van der Waals surface area (Å²) in [5.74, 6) is 0.474. The van der Waals surface area contributed by atoms with E-state index in [9.17, 15) is 4.39 Å². The van der Waals surface area contributed by atoms with Crippen molar-refractivity contribution in [2.45, 2.75) is 18.8 Å². The van der Waals surface area contributed by atoms with Crippen molar-refractivity contribution in [1.29, 1.82) is 0 Å². The molecule has 1 atom stereocenters. The topological polar surface area (TPSA) is 17.8 Å². The van der Waals surface area contributed by atoms with Crippen molar-refractivity contribution in [2.75, 3.05) is 5.88 Å². The van der Waals surface area contributed by atoms with Crippen molar-refractivity contribution in [1.82, 2.24) is 9.78 Å². The summed E-state index contributed by atoms with van der Waals surface area (Å²) in [5, 5.41) is 4.13. The molecule has 0 spiro atoms.